The third kappa shape index (κ3) is 2.71. The first-order valence-corrected chi connectivity index (χ1v) is 5.04. The van der Waals surface area contributed by atoms with E-state index in [1.165, 1.54) is 0 Å². The molecule has 1 aliphatic rings. The molecule has 14 heavy (non-hydrogen) atoms. The van der Waals surface area contributed by atoms with Gasteiger partial charge < -0.3 is 4.90 Å². The highest BCUT2D eigenvalue weighted by Gasteiger charge is 2.21. The van der Waals surface area contributed by atoms with Gasteiger partial charge in [-0.15, -0.1) is 0 Å². The maximum Gasteiger partial charge on any atom is 0.236 e. The maximum absolute atomic E-state index is 11.4. The second kappa shape index (κ2) is 4.97. The lowest BCUT2D eigenvalue weighted by atomic mass is 10.2. The molecule has 1 rings (SSSR count). The van der Waals surface area contributed by atoms with Crippen LogP contribution in [-0.2, 0) is 4.79 Å². The summed E-state index contributed by atoms with van der Waals surface area (Å²) in [5, 5.41) is 8.40. The van der Waals surface area contributed by atoms with E-state index in [1.54, 1.807) is 4.90 Å². The number of nitrogens with zero attached hydrogens (tertiary/aromatic N) is 3. The predicted octanol–water partition coefficient (Wildman–Crippen LogP) is 0.453. The van der Waals surface area contributed by atoms with E-state index in [-0.39, 0.29) is 12.3 Å². The van der Waals surface area contributed by atoms with Gasteiger partial charge in [-0.25, -0.2) is 0 Å². The largest absolute Gasteiger partial charge is 0.339 e. The molecule has 0 aromatic carbocycles. The Balaban J connectivity index is 2.36. The average molecular weight is 195 g/mol. The molecule has 1 saturated heterocycles. The van der Waals surface area contributed by atoms with E-state index in [9.17, 15) is 4.79 Å². The van der Waals surface area contributed by atoms with Crippen molar-refractivity contribution in [2.75, 3.05) is 26.2 Å². The standard InChI is InChI=1S/C10H17N3O/c1-9(2)12-5-7-13(8-6-12)10(14)3-4-11/h9H,3,5-8H2,1-2H3. The van der Waals surface area contributed by atoms with Gasteiger partial charge in [0.1, 0.15) is 6.42 Å². The van der Waals surface area contributed by atoms with E-state index in [2.05, 4.69) is 18.7 Å². The zero-order valence-electron chi connectivity index (χ0n) is 8.86. The highest BCUT2D eigenvalue weighted by molar-refractivity contribution is 5.78. The summed E-state index contributed by atoms with van der Waals surface area (Å²) in [5.41, 5.74) is 0. The second-order valence-corrected chi connectivity index (χ2v) is 3.85. The fraction of sp³-hybridized carbons (Fsp3) is 0.800. The van der Waals surface area contributed by atoms with Crippen LogP contribution in [0, 0.1) is 11.3 Å². The van der Waals surface area contributed by atoms with Gasteiger partial charge in [-0.3, -0.25) is 9.69 Å². The van der Waals surface area contributed by atoms with Crippen LogP contribution in [0.5, 0.6) is 0 Å². The average Bonchev–Trinajstić information content (AvgIpc) is 2.18. The van der Waals surface area contributed by atoms with Crippen LogP contribution >= 0.6 is 0 Å². The summed E-state index contributed by atoms with van der Waals surface area (Å²) in [6, 6.07) is 2.44. The molecule has 4 nitrogen and oxygen atoms in total. The van der Waals surface area contributed by atoms with Gasteiger partial charge >= 0.3 is 0 Å². The summed E-state index contributed by atoms with van der Waals surface area (Å²) in [6.07, 6.45) is 0.0156. The summed E-state index contributed by atoms with van der Waals surface area (Å²) in [7, 11) is 0. The molecule has 0 N–H and O–H groups in total. The number of rotatable bonds is 2. The minimum Gasteiger partial charge on any atom is -0.339 e. The summed E-state index contributed by atoms with van der Waals surface area (Å²) in [6.45, 7) is 7.70. The number of carbonyl (C=O) groups excluding carboxylic acids is 1. The normalized spacial score (nSPS) is 18.3. The first-order valence-electron chi connectivity index (χ1n) is 5.04. The molecule has 0 bridgehead atoms. The SMILES string of the molecule is CC(C)N1CCN(C(=O)CC#N)CC1. The van der Waals surface area contributed by atoms with Crippen molar-refractivity contribution in [1.82, 2.24) is 9.80 Å². The number of hydrogen-bond acceptors (Lipinski definition) is 3. The number of carbonyl (C=O) groups is 1. The molecule has 78 valence electrons. The minimum absolute atomic E-state index is 0.0156. The number of amides is 1. The van der Waals surface area contributed by atoms with Crippen molar-refractivity contribution in [1.29, 1.82) is 5.26 Å². The first-order chi connectivity index (χ1) is 6.65. The summed E-state index contributed by atoms with van der Waals surface area (Å²) in [4.78, 5) is 15.5. The number of piperazine rings is 1. The second-order valence-electron chi connectivity index (χ2n) is 3.85. The zero-order chi connectivity index (χ0) is 10.6. The molecule has 1 aliphatic heterocycles. The summed E-state index contributed by atoms with van der Waals surface area (Å²) < 4.78 is 0. The quantitative estimate of drug-likeness (QED) is 0.643. The molecule has 0 spiro atoms. The summed E-state index contributed by atoms with van der Waals surface area (Å²) in [5.74, 6) is -0.0316. The van der Waals surface area contributed by atoms with E-state index in [1.807, 2.05) is 6.07 Å². The Morgan fingerprint density at radius 2 is 1.93 bits per heavy atom. The lowest BCUT2D eigenvalue weighted by molar-refractivity contribution is -0.132. The summed E-state index contributed by atoms with van der Waals surface area (Å²) >= 11 is 0. The molecule has 4 heteroatoms. The molecular weight excluding hydrogens is 178 g/mol. The van der Waals surface area contributed by atoms with Crippen molar-refractivity contribution < 1.29 is 4.79 Å². The van der Waals surface area contributed by atoms with Crippen molar-refractivity contribution in [3.63, 3.8) is 0 Å². The smallest absolute Gasteiger partial charge is 0.236 e. The molecule has 0 aromatic rings. The van der Waals surface area contributed by atoms with E-state index < -0.39 is 0 Å². The van der Waals surface area contributed by atoms with E-state index in [4.69, 9.17) is 5.26 Å². The van der Waals surface area contributed by atoms with Crippen LogP contribution in [0.4, 0.5) is 0 Å². The topological polar surface area (TPSA) is 47.3 Å². The fourth-order valence-electron chi connectivity index (χ4n) is 1.67. The molecule has 0 saturated carbocycles. The van der Waals surface area contributed by atoms with Crippen molar-refractivity contribution >= 4 is 5.91 Å². The Labute approximate surface area is 85.1 Å². The molecule has 0 atom stereocenters. The Kier molecular flexibility index (Phi) is 3.90. The minimum atomic E-state index is -0.0316. The molecule has 0 aromatic heterocycles. The van der Waals surface area contributed by atoms with Gasteiger partial charge in [0.25, 0.3) is 0 Å². The van der Waals surface area contributed by atoms with Crippen LogP contribution in [0.25, 0.3) is 0 Å². The first kappa shape index (κ1) is 11.0. The van der Waals surface area contributed by atoms with Crippen LogP contribution in [0.3, 0.4) is 0 Å². The third-order valence-corrected chi connectivity index (χ3v) is 2.63. The van der Waals surface area contributed by atoms with Gasteiger partial charge in [0, 0.05) is 32.2 Å². The van der Waals surface area contributed by atoms with Crippen molar-refractivity contribution in [3.05, 3.63) is 0 Å². The van der Waals surface area contributed by atoms with Crippen molar-refractivity contribution in [2.24, 2.45) is 0 Å². The predicted molar refractivity (Wildman–Crippen MR) is 53.5 cm³/mol. The van der Waals surface area contributed by atoms with Crippen molar-refractivity contribution in [2.45, 2.75) is 26.3 Å². The van der Waals surface area contributed by atoms with Gasteiger partial charge in [0.2, 0.25) is 5.91 Å². The molecule has 0 unspecified atom stereocenters. The molecule has 1 heterocycles. The monoisotopic (exact) mass is 195 g/mol. The van der Waals surface area contributed by atoms with Crippen molar-refractivity contribution in [3.8, 4) is 6.07 Å². The van der Waals surface area contributed by atoms with Crippen LogP contribution in [-0.4, -0.2) is 47.9 Å². The van der Waals surface area contributed by atoms with E-state index in [0.29, 0.717) is 6.04 Å². The molecule has 0 aliphatic carbocycles. The van der Waals surface area contributed by atoms with Gasteiger partial charge in [-0.1, -0.05) is 0 Å². The van der Waals surface area contributed by atoms with Crippen LogP contribution in [0.1, 0.15) is 20.3 Å². The van der Waals surface area contributed by atoms with Crippen LogP contribution in [0.15, 0.2) is 0 Å². The third-order valence-electron chi connectivity index (χ3n) is 2.63. The van der Waals surface area contributed by atoms with Gasteiger partial charge in [0.15, 0.2) is 0 Å². The maximum atomic E-state index is 11.4. The van der Waals surface area contributed by atoms with E-state index >= 15 is 0 Å². The Morgan fingerprint density at radius 3 is 2.36 bits per heavy atom. The van der Waals surface area contributed by atoms with Crippen LogP contribution in [0.2, 0.25) is 0 Å². The molecule has 1 fully saturated rings. The fourth-order valence-corrected chi connectivity index (χ4v) is 1.67. The lowest BCUT2D eigenvalue weighted by Gasteiger charge is -2.36. The van der Waals surface area contributed by atoms with Crippen LogP contribution < -0.4 is 0 Å². The zero-order valence-corrected chi connectivity index (χ0v) is 8.86. The Morgan fingerprint density at radius 1 is 1.36 bits per heavy atom. The number of nitriles is 1. The van der Waals surface area contributed by atoms with E-state index in [0.717, 1.165) is 26.2 Å². The number of hydrogen-bond donors (Lipinski definition) is 0. The highest BCUT2D eigenvalue weighted by atomic mass is 16.2. The highest BCUT2D eigenvalue weighted by Crippen LogP contribution is 2.06. The Hall–Kier alpha value is -1.08. The molecular formula is C10H17N3O. The molecule has 0 radical (unpaired) electrons. The van der Waals surface area contributed by atoms with Gasteiger partial charge in [-0.05, 0) is 13.8 Å². The van der Waals surface area contributed by atoms with Gasteiger partial charge in [0.05, 0.1) is 6.07 Å². The molecule has 1 amide bonds. The van der Waals surface area contributed by atoms with Gasteiger partial charge in [-0.2, -0.15) is 5.26 Å². The lowest BCUT2D eigenvalue weighted by Crippen LogP contribution is -2.50. The Bertz CT molecular complexity index is 236.